The second-order valence-corrected chi connectivity index (χ2v) is 6.10. The highest BCUT2D eigenvalue weighted by atomic mass is 16.5. The van der Waals surface area contributed by atoms with Crippen LogP contribution in [0.1, 0.15) is 11.1 Å². The summed E-state index contributed by atoms with van der Waals surface area (Å²) in [5, 5.41) is 11.2. The SMILES string of the molecule is COc1cccc(CNc2ncnc(N3CCN(C)CC3)c2C=N)c1. The molecule has 1 saturated heterocycles. The number of piperazine rings is 1. The summed E-state index contributed by atoms with van der Waals surface area (Å²) < 4.78 is 5.26. The van der Waals surface area contributed by atoms with E-state index in [1.54, 1.807) is 13.4 Å². The first-order valence-corrected chi connectivity index (χ1v) is 8.37. The van der Waals surface area contributed by atoms with Gasteiger partial charge in [0.25, 0.3) is 0 Å². The van der Waals surface area contributed by atoms with Crippen molar-refractivity contribution in [3.05, 3.63) is 41.7 Å². The molecule has 1 aromatic carbocycles. The molecular weight excluding hydrogens is 316 g/mol. The van der Waals surface area contributed by atoms with Crippen molar-refractivity contribution in [2.24, 2.45) is 0 Å². The zero-order valence-corrected chi connectivity index (χ0v) is 14.7. The molecule has 7 heteroatoms. The third kappa shape index (κ3) is 4.06. The van der Waals surface area contributed by atoms with E-state index in [1.165, 1.54) is 6.21 Å². The molecule has 0 atom stereocenters. The Labute approximate surface area is 148 Å². The fourth-order valence-corrected chi connectivity index (χ4v) is 2.90. The monoisotopic (exact) mass is 340 g/mol. The molecule has 1 aromatic heterocycles. The minimum atomic E-state index is 0.608. The highest BCUT2D eigenvalue weighted by Crippen LogP contribution is 2.23. The van der Waals surface area contributed by atoms with Crippen LogP contribution in [-0.4, -0.2) is 61.4 Å². The van der Waals surface area contributed by atoms with Gasteiger partial charge in [-0.15, -0.1) is 0 Å². The third-order valence-corrected chi connectivity index (χ3v) is 4.40. The van der Waals surface area contributed by atoms with Crippen molar-refractivity contribution in [1.29, 1.82) is 5.41 Å². The van der Waals surface area contributed by atoms with Crippen molar-refractivity contribution in [3.63, 3.8) is 0 Å². The van der Waals surface area contributed by atoms with E-state index < -0.39 is 0 Å². The fourth-order valence-electron chi connectivity index (χ4n) is 2.90. The van der Waals surface area contributed by atoms with Crippen LogP contribution in [0, 0.1) is 5.41 Å². The Morgan fingerprint density at radius 3 is 2.76 bits per heavy atom. The maximum atomic E-state index is 7.83. The molecule has 2 heterocycles. The van der Waals surface area contributed by atoms with Gasteiger partial charge in [0.05, 0.1) is 12.7 Å². The largest absolute Gasteiger partial charge is 0.497 e. The van der Waals surface area contributed by atoms with E-state index >= 15 is 0 Å². The summed E-state index contributed by atoms with van der Waals surface area (Å²) in [5.41, 5.74) is 1.82. The third-order valence-electron chi connectivity index (χ3n) is 4.40. The van der Waals surface area contributed by atoms with Crippen LogP contribution in [0.15, 0.2) is 30.6 Å². The van der Waals surface area contributed by atoms with E-state index in [-0.39, 0.29) is 0 Å². The fraction of sp³-hybridized carbons (Fsp3) is 0.389. The highest BCUT2D eigenvalue weighted by molar-refractivity contribution is 5.91. The van der Waals surface area contributed by atoms with Crippen LogP contribution in [0.4, 0.5) is 11.6 Å². The van der Waals surface area contributed by atoms with E-state index in [2.05, 4.69) is 32.1 Å². The quantitative estimate of drug-likeness (QED) is 0.782. The normalized spacial score (nSPS) is 15.0. The zero-order chi connectivity index (χ0) is 17.6. The van der Waals surface area contributed by atoms with Crippen molar-refractivity contribution in [3.8, 4) is 5.75 Å². The van der Waals surface area contributed by atoms with E-state index in [1.807, 2.05) is 24.3 Å². The average molecular weight is 340 g/mol. The van der Waals surface area contributed by atoms with Gasteiger partial charge in [-0.1, -0.05) is 12.1 Å². The summed E-state index contributed by atoms with van der Waals surface area (Å²) in [4.78, 5) is 13.3. The van der Waals surface area contributed by atoms with E-state index in [4.69, 9.17) is 10.1 Å². The van der Waals surface area contributed by atoms with Gasteiger partial charge in [-0.3, -0.25) is 0 Å². The van der Waals surface area contributed by atoms with Crippen molar-refractivity contribution >= 4 is 17.9 Å². The standard InChI is InChI=1S/C18H24N6O/c1-23-6-8-24(9-7-23)18-16(11-19)17(21-13-22-18)20-12-14-4-3-5-15(10-14)25-2/h3-5,10-11,13,19H,6-9,12H2,1-2H3,(H,20,21,22). The van der Waals surface area contributed by atoms with Gasteiger partial charge in [0, 0.05) is 38.9 Å². The molecule has 0 unspecified atom stereocenters. The number of benzene rings is 1. The molecule has 3 rings (SSSR count). The Balaban J connectivity index is 1.77. The first-order chi connectivity index (χ1) is 12.2. The Bertz CT molecular complexity index is 727. The molecule has 0 radical (unpaired) electrons. The average Bonchev–Trinajstić information content (AvgIpc) is 2.66. The number of hydrogen-bond acceptors (Lipinski definition) is 7. The number of likely N-dealkylation sites (N-methyl/N-ethyl adjacent to an activating group) is 1. The molecule has 1 aliphatic heterocycles. The lowest BCUT2D eigenvalue weighted by atomic mass is 10.2. The molecule has 0 saturated carbocycles. The maximum Gasteiger partial charge on any atom is 0.143 e. The molecule has 2 aromatic rings. The summed E-state index contributed by atoms with van der Waals surface area (Å²) in [7, 11) is 3.78. The van der Waals surface area contributed by atoms with Crippen LogP contribution in [0.5, 0.6) is 5.75 Å². The highest BCUT2D eigenvalue weighted by Gasteiger charge is 2.19. The number of rotatable bonds is 6. The Morgan fingerprint density at radius 2 is 2.04 bits per heavy atom. The van der Waals surface area contributed by atoms with E-state index in [9.17, 15) is 0 Å². The van der Waals surface area contributed by atoms with Gasteiger partial charge in [0.1, 0.15) is 23.7 Å². The van der Waals surface area contributed by atoms with Gasteiger partial charge < -0.3 is 25.3 Å². The van der Waals surface area contributed by atoms with Crippen LogP contribution < -0.4 is 15.0 Å². The molecule has 7 nitrogen and oxygen atoms in total. The number of nitrogens with one attached hydrogen (secondary N) is 2. The Morgan fingerprint density at radius 1 is 1.24 bits per heavy atom. The van der Waals surface area contributed by atoms with Crippen molar-refractivity contribution in [1.82, 2.24) is 14.9 Å². The van der Waals surface area contributed by atoms with Gasteiger partial charge in [-0.05, 0) is 24.7 Å². The summed E-state index contributed by atoms with van der Waals surface area (Å²) in [6, 6.07) is 7.90. The van der Waals surface area contributed by atoms with Gasteiger partial charge in [-0.2, -0.15) is 0 Å². The lowest BCUT2D eigenvalue weighted by Gasteiger charge is -2.34. The number of nitrogens with zero attached hydrogens (tertiary/aromatic N) is 4. The second-order valence-electron chi connectivity index (χ2n) is 6.10. The predicted octanol–water partition coefficient (Wildman–Crippen LogP) is 1.85. The van der Waals surface area contributed by atoms with Gasteiger partial charge in [0.15, 0.2) is 0 Å². The lowest BCUT2D eigenvalue weighted by Crippen LogP contribution is -2.45. The number of hydrogen-bond donors (Lipinski definition) is 2. The molecule has 2 N–H and O–H groups in total. The molecule has 1 aliphatic rings. The van der Waals surface area contributed by atoms with Crippen LogP contribution in [0.25, 0.3) is 0 Å². The van der Waals surface area contributed by atoms with Crippen LogP contribution >= 0.6 is 0 Å². The first kappa shape index (κ1) is 17.2. The molecule has 0 bridgehead atoms. The van der Waals surface area contributed by atoms with Gasteiger partial charge in [0.2, 0.25) is 0 Å². The zero-order valence-electron chi connectivity index (χ0n) is 14.7. The van der Waals surface area contributed by atoms with Gasteiger partial charge >= 0.3 is 0 Å². The topological polar surface area (TPSA) is 77.4 Å². The predicted molar refractivity (Wildman–Crippen MR) is 99.9 cm³/mol. The summed E-state index contributed by atoms with van der Waals surface area (Å²) >= 11 is 0. The lowest BCUT2D eigenvalue weighted by molar-refractivity contribution is 0.312. The number of ether oxygens (including phenoxy) is 1. The molecule has 1 fully saturated rings. The van der Waals surface area contributed by atoms with E-state index in [0.29, 0.717) is 12.4 Å². The molecule has 0 amide bonds. The van der Waals surface area contributed by atoms with E-state index in [0.717, 1.165) is 48.9 Å². The summed E-state index contributed by atoms with van der Waals surface area (Å²) in [6.07, 6.45) is 2.90. The van der Waals surface area contributed by atoms with Crippen molar-refractivity contribution < 1.29 is 4.74 Å². The Hall–Kier alpha value is -2.67. The second kappa shape index (κ2) is 7.94. The number of aromatic nitrogens is 2. The molecule has 0 spiro atoms. The van der Waals surface area contributed by atoms with Crippen molar-refractivity contribution in [2.75, 3.05) is 50.6 Å². The first-order valence-electron chi connectivity index (χ1n) is 8.37. The van der Waals surface area contributed by atoms with Crippen molar-refractivity contribution in [2.45, 2.75) is 6.54 Å². The maximum absolute atomic E-state index is 7.83. The van der Waals surface area contributed by atoms with Crippen LogP contribution in [0.2, 0.25) is 0 Å². The van der Waals surface area contributed by atoms with Crippen LogP contribution in [-0.2, 0) is 6.54 Å². The molecule has 25 heavy (non-hydrogen) atoms. The summed E-state index contributed by atoms with van der Waals surface area (Å²) in [6.45, 7) is 4.41. The Kier molecular flexibility index (Phi) is 5.45. The minimum absolute atomic E-state index is 0.608. The molecule has 132 valence electrons. The smallest absolute Gasteiger partial charge is 0.143 e. The van der Waals surface area contributed by atoms with Gasteiger partial charge in [-0.25, -0.2) is 9.97 Å². The number of anilines is 2. The molecule has 0 aliphatic carbocycles. The minimum Gasteiger partial charge on any atom is -0.497 e. The molecular formula is C18H24N6O. The number of methoxy groups -OCH3 is 1. The summed E-state index contributed by atoms with van der Waals surface area (Å²) in [5.74, 6) is 2.33. The van der Waals surface area contributed by atoms with Crippen LogP contribution in [0.3, 0.4) is 0 Å².